The Bertz CT molecular complexity index is 436. The summed E-state index contributed by atoms with van der Waals surface area (Å²) in [6.45, 7) is 15.7. The summed E-state index contributed by atoms with van der Waals surface area (Å²) in [6, 6.07) is 0. The molecule has 1 heterocycles. The second-order valence-corrected chi connectivity index (χ2v) is 6.68. The van der Waals surface area contributed by atoms with Gasteiger partial charge in [0.25, 0.3) is 0 Å². The van der Waals surface area contributed by atoms with E-state index in [1.165, 1.54) is 0 Å². The number of hydrogen-bond acceptors (Lipinski definition) is 4. The molecule has 0 radical (unpaired) electrons. The van der Waals surface area contributed by atoms with Crippen molar-refractivity contribution in [3.8, 4) is 0 Å². The van der Waals surface area contributed by atoms with E-state index in [1.54, 1.807) is 0 Å². The molecule has 114 valence electrons. The molecule has 0 atom stereocenters. The number of rotatable bonds is 6. The largest absolute Gasteiger partial charge is 0.369 e. The van der Waals surface area contributed by atoms with Crippen molar-refractivity contribution in [3.63, 3.8) is 0 Å². The third-order valence-corrected chi connectivity index (χ3v) is 3.89. The van der Waals surface area contributed by atoms with Gasteiger partial charge in [-0.1, -0.05) is 27.7 Å². The monoisotopic (exact) mass is 342 g/mol. The van der Waals surface area contributed by atoms with Crippen molar-refractivity contribution in [2.75, 3.05) is 29.9 Å². The maximum absolute atomic E-state index is 4.78. The van der Waals surface area contributed by atoms with Crippen molar-refractivity contribution in [3.05, 3.63) is 10.2 Å². The van der Waals surface area contributed by atoms with Crippen LogP contribution in [0, 0.1) is 0 Å². The zero-order valence-electron chi connectivity index (χ0n) is 13.5. The van der Waals surface area contributed by atoms with E-state index in [0.29, 0.717) is 0 Å². The van der Waals surface area contributed by atoms with Crippen molar-refractivity contribution in [1.29, 1.82) is 0 Å². The molecule has 0 aromatic carbocycles. The summed E-state index contributed by atoms with van der Waals surface area (Å²) in [5.41, 5.74) is 1.03. The average Bonchev–Trinajstić information content (AvgIpc) is 2.38. The predicted molar refractivity (Wildman–Crippen MR) is 90.8 cm³/mol. The number of nitrogens with zero attached hydrogens (tertiary/aromatic N) is 3. The molecule has 1 rings (SSSR count). The van der Waals surface area contributed by atoms with E-state index in [4.69, 9.17) is 4.98 Å². The maximum atomic E-state index is 4.78. The van der Waals surface area contributed by atoms with E-state index < -0.39 is 0 Å². The first-order chi connectivity index (χ1) is 9.35. The van der Waals surface area contributed by atoms with Crippen molar-refractivity contribution in [1.82, 2.24) is 9.97 Å². The van der Waals surface area contributed by atoms with Gasteiger partial charge in [-0.2, -0.15) is 4.98 Å². The SMILES string of the molecule is CCCNc1nc(N(CC)CC)nc(C(C)(C)C)c1Br. The van der Waals surface area contributed by atoms with Crippen LogP contribution < -0.4 is 10.2 Å². The highest BCUT2D eigenvalue weighted by atomic mass is 79.9. The first kappa shape index (κ1) is 17.2. The van der Waals surface area contributed by atoms with Gasteiger partial charge in [0.15, 0.2) is 0 Å². The van der Waals surface area contributed by atoms with Gasteiger partial charge in [0, 0.05) is 25.0 Å². The molecule has 1 N–H and O–H groups in total. The third-order valence-electron chi connectivity index (χ3n) is 3.14. The third kappa shape index (κ3) is 4.08. The average molecular weight is 343 g/mol. The van der Waals surface area contributed by atoms with Crippen LogP contribution in [0.25, 0.3) is 0 Å². The number of halogens is 1. The Morgan fingerprint density at radius 3 is 2.15 bits per heavy atom. The molecule has 0 aliphatic heterocycles. The summed E-state index contributed by atoms with van der Waals surface area (Å²) < 4.78 is 0.981. The molecule has 0 fully saturated rings. The second-order valence-electron chi connectivity index (χ2n) is 5.88. The molecule has 0 spiro atoms. The minimum Gasteiger partial charge on any atom is -0.369 e. The Hall–Kier alpha value is -0.840. The summed E-state index contributed by atoms with van der Waals surface area (Å²) in [6.07, 6.45) is 1.07. The van der Waals surface area contributed by atoms with E-state index >= 15 is 0 Å². The molecule has 0 saturated heterocycles. The zero-order chi connectivity index (χ0) is 15.3. The highest BCUT2D eigenvalue weighted by Crippen LogP contribution is 2.34. The Kier molecular flexibility index (Phi) is 6.24. The Morgan fingerprint density at radius 1 is 1.10 bits per heavy atom. The molecule has 1 aromatic rings. The van der Waals surface area contributed by atoms with E-state index in [0.717, 1.165) is 48.0 Å². The van der Waals surface area contributed by atoms with Crippen molar-refractivity contribution in [2.24, 2.45) is 0 Å². The smallest absolute Gasteiger partial charge is 0.227 e. The van der Waals surface area contributed by atoms with Gasteiger partial charge in [0.2, 0.25) is 5.95 Å². The lowest BCUT2D eigenvalue weighted by Gasteiger charge is -2.25. The lowest BCUT2D eigenvalue weighted by molar-refractivity contribution is 0.562. The minimum atomic E-state index is -0.0215. The Labute approximate surface area is 131 Å². The quantitative estimate of drug-likeness (QED) is 0.840. The van der Waals surface area contributed by atoms with E-state index in [9.17, 15) is 0 Å². The van der Waals surface area contributed by atoms with Crippen LogP contribution in [0.2, 0.25) is 0 Å². The fourth-order valence-electron chi connectivity index (χ4n) is 1.94. The summed E-state index contributed by atoms with van der Waals surface area (Å²) in [7, 11) is 0. The molecular weight excluding hydrogens is 316 g/mol. The molecule has 0 saturated carbocycles. The molecule has 0 aliphatic rings. The van der Waals surface area contributed by atoms with Crippen LogP contribution in [-0.4, -0.2) is 29.6 Å². The highest BCUT2D eigenvalue weighted by molar-refractivity contribution is 9.10. The van der Waals surface area contributed by atoms with Gasteiger partial charge in [-0.25, -0.2) is 4.98 Å². The number of aromatic nitrogens is 2. The first-order valence-electron chi connectivity index (χ1n) is 7.41. The lowest BCUT2D eigenvalue weighted by atomic mass is 9.92. The molecule has 5 heteroatoms. The normalized spacial score (nSPS) is 11.6. The van der Waals surface area contributed by atoms with Gasteiger partial charge in [-0.15, -0.1) is 0 Å². The lowest BCUT2D eigenvalue weighted by Crippen LogP contribution is -2.27. The predicted octanol–water partition coefficient (Wildman–Crippen LogP) is 4.20. The van der Waals surface area contributed by atoms with Crippen molar-refractivity contribution < 1.29 is 0 Å². The van der Waals surface area contributed by atoms with Crippen LogP contribution in [0.4, 0.5) is 11.8 Å². The fourth-order valence-corrected chi connectivity index (χ4v) is 2.85. The van der Waals surface area contributed by atoms with Crippen LogP contribution in [-0.2, 0) is 5.41 Å². The van der Waals surface area contributed by atoms with Crippen LogP contribution >= 0.6 is 15.9 Å². The molecule has 4 nitrogen and oxygen atoms in total. The summed E-state index contributed by atoms with van der Waals surface area (Å²) in [4.78, 5) is 11.6. The van der Waals surface area contributed by atoms with Gasteiger partial charge in [-0.05, 0) is 36.2 Å². The molecule has 0 amide bonds. The topological polar surface area (TPSA) is 41.1 Å². The van der Waals surface area contributed by atoms with Gasteiger partial charge in [-0.3, -0.25) is 0 Å². The van der Waals surface area contributed by atoms with Gasteiger partial charge in [0.05, 0.1) is 10.2 Å². The maximum Gasteiger partial charge on any atom is 0.227 e. The zero-order valence-corrected chi connectivity index (χ0v) is 15.1. The standard InChI is InChI=1S/C15H27BrN4/c1-7-10-17-13-11(16)12(15(4,5)6)18-14(19-13)20(8-2)9-3/h7-10H2,1-6H3,(H,17,18,19). The summed E-state index contributed by atoms with van der Waals surface area (Å²) >= 11 is 3.67. The molecular formula is C15H27BrN4. The van der Waals surface area contributed by atoms with Gasteiger partial charge in [0.1, 0.15) is 5.82 Å². The number of hydrogen-bond donors (Lipinski definition) is 1. The van der Waals surface area contributed by atoms with Crippen LogP contribution in [0.5, 0.6) is 0 Å². The van der Waals surface area contributed by atoms with E-state index in [2.05, 4.69) is 72.7 Å². The van der Waals surface area contributed by atoms with Crippen LogP contribution in [0.3, 0.4) is 0 Å². The Morgan fingerprint density at radius 2 is 1.70 bits per heavy atom. The van der Waals surface area contributed by atoms with E-state index in [-0.39, 0.29) is 5.41 Å². The van der Waals surface area contributed by atoms with Crippen molar-refractivity contribution >= 4 is 27.7 Å². The molecule has 0 bridgehead atoms. The van der Waals surface area contributed by atoms with Gasteiger partial charge < -0.3 is 10.2 Å². The highest BCUT2D eigenvalue weighted by Gasteiger charge is 2.24. The van der Waals surface area contributed by atoms with Crippen molar-refractivity contribution in [2.45, 2.75) is 53.4 Å². The van der Waals surface area contributed by atoms with Gasteiger partial charge >= 0.3 is 0 Å². The molecule has 20 heavy (non-hydrogen) atoms. The summed E-state index contributed by atoms with van der Waals surface area (Å²) in [5, 5.41) is 3.39. The number of nitrogens with one attached hydrogen (secondary N) is 1. The summed E-state index contributed by atoms with van der Waals surface area (Å²) in [5.74, 6) is 1.70. The second kappa shape index (κ2) is 7.25. The Balaban J connectivity index is 3.33. The van der Waals surface area contributed by atoms with Crippen LogP contribution in [0.1, 0.15) is 53.7 Å². The fraction of sp³-hybridized carbons (Fsp3) is 0.733. The first-order valence-corrected chi connectivity index (χ1v) is 8.21. The van der Waals surface area contributed by atoms with E-state index in [1.807, 2.05) is 0 Å². The molecule has 0 unspecified atom stereocenters. The van der Waals surface area contributed by atoms with Crippen LogP contribution in [0.15, 0.2) is 4.47 Å². The minimum absolute atomic E-state index is 0.0215. The molecule has 0 aliphatic carbocycles. The number of anilines is 2. The molecule has 1 aromatic heterocycles.